The van der Waals surface area contributed by atoms with Crippen LogP contribution >= 0.6 is 15.9 Å². The van der Waals surface area contributed by atoms with Gasteiger partial charge in [-0.1, -0.05) is 22.0 Å². The molecule has 0 aliphatic heterocycles. The average Bonchev–Trinajstić information content (AvgIpc) is 2.27. The maximum Gasteiger partial charge on any atom is 0.0405 e. The van der Waals surface area contributed by atoms with Crippen LogP contribution in [0.1, 0.15) is 5.56 Å². The van der Waals surface area contributed by atoms with Crippen molar-refractivity contribution in [2.45, 2.75) is 6.92 Å². The molecule has 82 valence electrons. The third-order valence-electron chi connectivity index (χ3n) is 2.41. The second kappa shape index (κ2) is 4.58. The van der Waals surface area contributed by atoms with Crippen LogP contribution in [0.3, 0.4) is 0 Å². The van der Waals surface area contributed by atoms with E-state index in [1.54, 1.807) is 0 Å². The van der Waals surface area contributed by atoms with Crippen LogP contribution in [0.15, 0.2) is 46.9 Å². The highest BCUT2D eigenvalue weighted by atomic mass is 79.9. The zero-order valence-electron chi connectivity index (χ0n) is 9.00. The molecule has 2 rings (SSSR count). The molecule has 0 aliphatic carbocycles. The van der Waals surface area contributed by atoms with Gasteiger partial charge in [-0.2, -0.15) is 0 Å². The van der Waals surface area contributed by atoms with Gasteiger partial charge >= 0.3 is 0 Å². The molecule has 0 radical (unpaired) electrons. The van der Waals surface area contributed by atoms with E-state index in [4.69, 9.17) is 5.73 Å². The summed E-state index contributed by atoms with van der Waals surface area (Å²) in [7, 11) is 0. The van der Waals surface area contributed by atoms with E-state index in [1.165, 1.54) is 0 Å². The van der Waals surface area contributed by atoms with Crippen LogP contribution in [0.5, 0.6) is 0 Å². The van der Waals surface area contributed by atoms with E-state index in [2.05, 4.69) is 21.2 Å². The molecule has 0 bridgehead atoms. The van der Waals surface area contributed by atoms with Crippen molar-refractivity contribution in [2.24, 2.45) is 0 Å². The normalized spacial score (nSPS) is 10.1. The number of rotatable bonds is 2. The lowest BCUT2D eigenvalue weighted by Crippen LogP contribution is -1.94. The zero-order valence-corrected chi connectivity index (χ0v) is 10.6. The van der Waals surface area contributed by atoms with Gasteiger partial charge in [0.1, 0.15) is 0 Å². The van der Waals surface area contributed by atoms with E-state index in [1.807, 2.05) is 49.4 Å². The van der Waals surface area contributed by atoms with E-state index < -0.39 is 0 Å². The topological polar surface area (TPSA) is 38.0 Å². The van der Waals surface area contributed by atoms with E-state index >= 15 is 0 Å². The van der Waals surface area contributed by atoms with E-state index in [0.29, 0.717) is 0 Å². The number of benzene rings is 2. The van der Waals surface area contributed by atoms with Gasteiger partial charge in [0.25, 0.3) is 0 Å². The maximum absolute atomic E-state index is 5.85. The first-order valence-electron chi connectivity index (χ1n) is 5.04. The van der Waals surface area contributed by atoms with Crippen molar-refractivity contribution in [3.63, 3.8) is 0 Å². The molecule has 0 unspecified atom stereocenters. The fraction of sp³-hybridized carbons (Fsp3) is 0.0769. The van der Waals surface area contributed by atoms with Crippen LogP contribution in [0.4, 0.5) is 17.1 Å². The summed E-state index contributed by atoms with van der Waals surface area (Å²) in [6.45, 7) is 2.00. The molecule has 0 fully saturated rings. The maximum atomic E-state index is 5.85. The fourth-order valence-corrected chi connectivity index (χ4v) is 1.68. The lowest BCUT2D eigenvalue weighted by atomic mass is 10.2. The van der Waals surface area contributed by atoms with Gasteiger partial charge in [0.15, 0.2) is 0 Å². The molecular weight excluding hydrogens is 264 g/mol. The molecule has 0 aromatic heterocycles. The summed E-state index contributed by atoms with van der Waals surface area (Å²) in [5.74, 6) is 0. The minimum Gasteiger partial charge on any atom is -0.398 e. The van der Waals surface area contributed by atoms with Crippen LogP contribution in [-0.2, 0) is 0 Å². The van der Waals surface area contributed by atoms with Gasteiger partial charge in [0.2, 0.25) is 0 Å². The number of aryl methyl sites for hydroxylation is 1. The summed E-state index contributed by atoms with van der Waals surface area (Å²) in [5.41, 5.74) is 9.81. The standard InChI is InChI=1S/C13H13BrN2/c1-9-2-5-12(8-13(9)15)16-11-6-3-10(14)4-7-11/h2-8,16H,15H2,1H3. The first-order valence-corrected chi connectivity index (χ1v) is 5.83. The second-order valence-electron chi connectivity index (χ2n) is 3.70. The molecule has 0 atom stereocenters. The Labute approximate surface area is 104 Å². The van der Waals surface area contributed by atoms with Gasteiger partial charge in [-0.3, -0.25) is 0 Å². The van der Waals surface area contributed by atoms with Crippen molar-refractivity contribution < 1.29 is 0 Å². The molecule has 2 aromatic rings. The van der Waals surface area contributed by atoms with Crippen molar-refractivity contribution >= 4 is 33.0 Å². The van der Waals surface area contributed by atoms with Gasteiger partial charge in [0.05, 0.1) is 0 Å². The van der Waals surface area contributed by atoms with Gasteiger partial charge in [-0.15, -0.1) is 0 Å². The number of halogens is 1. The van der Waals surface area contributed by atoms with Crippen molar-refractivity contribution in [1.82, 2.24) is 0 Å². The van der Waals surface area contributed by atoms with Crippen molar-refractivity contribution in [2.75, 3.05) is 11.1 Å². The lowest BCUT2D eigenvalue weighted by Gasteiger charge is -2.08. The molecule has 0 aliphatic rings. The highest BCUT2D eigenvalue weighted by Crippen LogP contribution is 2.22. The Morgan fingerprint density at radius 2 is 1.62 bits per heavy atom. The summed E-state index contributed by atoms with van der Waals surface area (Å²) in [5, 5.41) is 3.30. The molecular formula is C13H13BrN2. The summed E-state index contributed by atoms with van der Waals surface area (Å²) < 4.78 is 1.07. The van der Waals surface area contributed by atoms with Crippen LogP contribution in [0, 0.1) is 6.92 Å². The second-order valence-corrected chi connectivity index (χ2v) is 4.62. The van der Waals surface area contributed by atoms with E-state index in [-0.39, 0.29) is 0 Å². The third kappa shape index (κ3) is 2.55. The Kier molecular flexibility index (Phi) is 3.15. The van der Waals surface area contributed by atoms with E-state index in [9.17, 15) is 0 Å². The smallest absolute Gasteiger partial charge is 0.0405 e. The highest BCUT2D eigenvalue weighted by molar-refractivity contribution is 9.10. The number of hydrogen-bond acceptors (Lipinski definition) is 2. The predicted octanol–water partition coefficient (Wildman–Crippen LogP) is 4.08. The molecule has 3 heteroatoms. The molecule has 0 heterocycles. The van der Waals surface area contributed by atoms with Crippen molar-refractivity contribution in [1.29, 1.82) is 0 Å². The zero-order chi connectivity index (χ0) is 11.5. The Morgan fingerprint density at radius 1 is 1.00 bits per heavy atom. The summed E-state index contributed by atoms with van der Waals surface area (Å²) >= 11 is 3.40. The average molecular weight is 277 g/mol. The van der Waals surface area contributed by atoms with Gasteiger partial charge < -0.3 is 11.1 Å². The summed E-state index contributed by atoms with van der Waals surface area (Å²) in [6.07, 6.45) is 0. The molecule has 3 N–H and O–H groups in total. The van der Waals surface area contributed by atoms with Crippen molar-refractivity contribution in [3.8, 4) is 0 Å². The largest absolute Gasteiger partial charge is 0.398 e. The molecule has 0 amide bonds. The molecule has 0 saturated carbocycles. The molecule has 0 saturated heterocycles. The minimum atomic E-state index is 0.808. The minimum absolute atomic E-state index is 0.808. The first kappa shape index (κ1) is 11.0. The Bertz CT molecular complexity index is 492. The Hall–Kier alpha value is -1.48. The lowest BCUT2D eigenvalue weighted by molar-refractivity contribution is 1.45. The number of anilines is 3. The van der Waals surface area contributed by atoms with Gasteiger partial charge in [0, 0.05) is 21.5 Å². The monoisotopic (exact) mass is 276 g/mol. The number of nitrogens with two attached hydrogens (primary N) is 1. The number of nitrogens with one attached hydrogen (secondary N) is 1. The van der Waals surface area contributed by atoms with Crippen LogP contribution in [-0.4, -0.2) is 0 Å². The van der Waals surface area contributed by atoms with E-state index in [0.717, 1.165) is 27.1 Å². The molecule has 16 heavy (non-hydrogen) atoms. The SMILES string of the molecule is Cc1ccc(Nc2ccc(Br)cc2)cc1N. The number of nitrogen functional groups attached to an aromatic ring is 1. The van der Waals surface area contributed by atoms with Crippen LogP contribution < -0.4 is 11.1 Å². The summed E-state index contributed by atoms with van der Waals surface area (Å²) in [6, 6.07) is 14.0. The quantitative estimate of drug-likeness (QED) is 0.811. The fourth-order valence-electron chi connectivity index (χ4n) is 1.42. The van der Waals surface area contributed by atoms with Crippen LogP contribution in [0.25, 0.3) is 0 Å². The van der Waals surface area contributed by atoms with Crippen molar-refractivity contribution in [3.05, 3.63) is 52.5 Å². The molecule has 2 nitrogen and oxygen atoms in total. The predicted molar refractivity (Wildman–Crippen MR) is 73.0 cm³/mol. The Balaban J connectivity index is 2.20. The van der Waals surface area contributed by atoms with Crippen LogP contribution in [0.2, 0.25) is 0 Å². The summed E-state index contributed by atoms with van der Waals surface area (Å²) in [4.78, 5) is 0. The van der Waals surface area contributed by atoms with Gasteiger partial charge in [-0.25, -0.2) is 0 Å². The molecule has 0 spiro atoms. The van der Waals surface area contributed by atoms with Gasteiger partial charge in [-0.05, 0) is 48.9 Å². The number of hydrogen-bond donors (Lipinski definition) is 2. The third-order valence-corrected chi connectivity index (χ3v) is 2.94. The molecule has 2 aromatic carbocycles. The first-order chi connectivity index (χ1) is 7.65. The Morgan fingerprint density at radius 3 is 2.25 bits per heavy atom. The highest BCUT2D eigenvalue weighted by Gasteiger charge is 1.97.